The van der Waals surface area contributed by atoms with Crippen molar-refractivity contribution < 1.29 is 9.53 Å². The fourth-order valence-corrected chi connectivity index (χ4v) is 1.91. The van der Waals surface area contributed by atoms with Crippen molar-refractivity contribution in [3.8, 4) is 0 Å². The molecule has 0 aliphatic carbocycles. The number of carbonyl (C=O) groups is 1. The van der Waals surface area contributed by atoms with Gasteiger partial charge in [0.15, 0.2) is 0 Å². The Hall–Kier alpha value is -1.36. The van der Waals surface area contributed by atoms with Gasteiger partial charge in [0.25, 0.3) is 0 Å². The van der Waals surface area contributed by atoms with Crippen LogP contribution in [-0.2, 0) is 16.0 Å². The number of rotatable bonds is 3. The Morgan fingerprint density at radius 1 is 1.62 bits per heavy atom. The van der Waals surface area contributed by atoms with Gasteiger partial charge in [0, 0.05) is 37.3 Å². The number of hydrogen-bond donors (Lipinski definition) is 1. The fourth-order valence-electron chi connectivity index (χ4n) is 1.91. The highest BCUT2D eigenvalue weighted by atomic mass is 16.5. The number of amides is 1. The first kappa shape index (κ1) is 11.1. The topological polar surface area (TPSA) is 58.2 Å². The second kappa shape index (κ2) is 5.12. The molecule has 0 spiro atoms. The molecular weight excluding hydrogens is 206 g/mol. The van der Waals surface area contributed by atoms with Crippen LogP contribution in [0.2, 0.25) is 0 Å². The van der Waals surface area contributed by atoms with Gasteiger partial charge in [-0.1, -0.05) is 6.92 Å². The number of hydrogen-bond acceptors (Lipinski definition) is 3. The zero-order valence-corrected chi connectivity index (χ0v) is 9.48. The molecule has 1 aliphatic heterocycles. The van der Waals surface area contributed by atoms with Gasteiger partial charge in [0.05, 0.1) is 13.2 Å². The summed E-state index contributed by atoms with van der Waals surface area (Å²) in [6, 6.07) is 1.91. The first-order valence-electron chi connectivity index (χ1n) is 5.62. The second-order valence-electron chi connectivity index (χ2n) is 4.12. The van der Waals surface area contributed by atoms with Gasteiger partial charge in [-0.15, -0.1) is 0 Å². The molecule has 1 fully saturated rings. The molecule has 1 amide bonds. The van der Waals surface area contributed by atoms with Crippen molar-refractivity contribution in [1.82, 2.24) is 15.1 Å². The molecule has 5 nitrogen and oxygen atoms in total. The molecule has 0 unspecified atom stereocenters. The summed E-state index contributed by atoms with van der Waals surface area (Å²) in [6.45, 7) is 4.70. The van der Waals surface area contributed by atoms with Crippen LogP contribution in [0.4, 0.5) is 0 Å². The molecule has 1 aromatic rings. The Labute approximate surface area is 94.8 Å². The Bertz CT molecular complexity index is 331. The normalized spacial score (nSPS) is 18.4. The average molecular weight is 223 g/mol. The SMILES string of the molecule is C[C@H](Cc1ccn[nH]1)C(=O)N1CCOCC1. The quantitative estimate of drug-likeness (QED) is 0.809. The smallest absolute Gasteiger partial charge is 0.225 e. The molecule has 0 bridgehead atoms. The van der Waals surface area contributed by atoms with Crippen LogP contribution in [0.3, 0.4) is 0 Å². The van der Waals surface area contributed by atoms with Crippen molar-refractivity contribution in [2.75, 3.05) is 26.3 Å². The van der Waals surface area contributed by atoms with E-state index in [2.05, 4.69) is 10.2 Å². The van der Waals surface area contributed by atoms with Gasteiger partial charge in [-0.3, -0.25) is 9.89 Å². The van der Waals surface area contributed by atoms with E-state index in [1.165, 1.54) is 0 Å². The lowest BCUT2D eigenvalue weighted by molar-refractivity contribution is -0.139. The zero-order valence-electron chi connectivity index (χ0n) is 9.48. The molecule has 0 aromatic carbocycles. The van der Waals surface area contributed by atoms with Gasteiger partial charge in [-0.25, -0.2) is 0 Å². The van der Waals surface area contributed by atoms with E-state index in [1.807, 2.05) is 17.9 Å². The molecule has 1 atom stereocenters. The summed E-state index contributed by atoms with van der Waals surface area (Å²) in [7, 11) is 0. The lowest BCUT2D eigenvalue weighted by Gasteiger charge is -2.29. The second-order valence-corrected chi connectivity index (χ2v) is 4.12. The van der Waals surface area contributed by atoms with Gasteiger partial charge in [-0.2, -0.15) is 5.10 Å². The minimum atomic E-state index is -0.00134. The lowest BCUT2D eigenvalue weighted by atomic mass is 10.0. The predicted molar refractivity (Wildman–Crippen MR) is 58.9 cm³/mol. The van der Waals surface area contributed by atoms with Crippen molar-refractivity contribution in [2.24, 2.45) is 5.92 Å². The van der Waals surface area contributed by atoms with Gasteiger partial charge in [0.1, 0.15) is 0 Å². The maximum Gasteiger partial charge on any atom is 0.225 e. The van der Waals surface area contributed by atoms with Crippen molar-refractivity contribution in [3.05, 3.63) is 18.0 Å². The van der Waals surface area contributed by atoms with Crippen LogP contribution in [0.1, 0.15) is 12.6 Å². The van der Waals surface area contributed by atoms with Crippen molar-refractivity contribution in [2.45, 2.75) is 13.3 Å². The number of nitrogens with zero attached hydrogens (tertiary/aromatic N) is 2. The van der Waals surface area contributed by atoms with E-state index < -0.39 is 0 Å². The van der Waals surface area contributed by atoms with E-state index in [4.69, 9.17) is 4.74 Å². The lowest BCUT2D eigenvalue weighted by Crippen LogP contribution is -2.43. The minimum Gasteiger partial charge on any atom is -0.378 e. The number of ether oxygens (including phenoxy) is 1. The van der Waals surface area contributed by atoms with Crippen molar-refractivity contribution in [3.63, 3.8) is 0 Å². The Balaban J connectivity index is 1.88. The van der Waals surface area contributed by atoms with E-state index in [0.717, 1.165) is 12.1 Å². The summed E-state index contributed by atoms with van der Waals surface area (Å²) in [5.74, 6) is 0.205. The zero-order chi connectivity index (χ0) is 11.4. The van der Waals surface area contributed by atoms with E-state index in [-0.39, 0.29) is 11.8 Å². The summed E-state index contributed by atoms with van der Waals surface area (Å²) in [5.41, 5.74) is 1.01. The van der Waals surface area contributed by atoms with E-state index >= 15 is 0 Å². The highest BCUT2D eigenvalue weighted by Gasteiger charge is 2.22. The van der Waals surface area contributed by atoms with Crippen LogP contribution in [0, 0.1) is 5.92 Å². The third-order valence-electron chi connectivity index (χ3n) is 2.83. The van der Waals surface area contributed by atoms with Crippen LogP contribution < -0.4 is 0 Å². The maximum absolute atomic E-state index is 12.1. The van der Waals surface area contributed by atoms with Gasteiger partial charge < -0.3 is 9.64 Å². The molecule has 1 saturated heterocycles. The van der Waals surface area contributed by atoms with Crippen LogP contribution >= 0.6 is 0 Å². The third-order valence-corrected chi connectivity index (χ3v) is 2.83. The predicted octanol–water partition coefficient (Wildman–Crippen LogP) is 0.447. The summed E-state index contributed by atoms with van der Waals surface area (Å²) in [6.07, 6.45) is 2.43. The van der Waals surface area contributed by atoms with E-state index in [9.17, 15) is 4.79 Å². The highest BCUT2D eigenvalue weighted by molar-refractivity contribution is 5.78. The summed E-state index contributed by atoms with van der Waals surface area (Å²) < 4.78 is 5.23. The number of morpholine rings is 1. The molecule has 0 radical (unpaired) electrons. The van der Waals surface area contributed by atoms with Crippen LogP contribution in [0.15, 0.2) is 12.3 Å². The van der Waals surface area contributed by atoms with Gasteiger partial charge >= 0.3 is 0 Å². The first-order valence-corrected chi connectivity index (χ1v) is 5.62. The Morgan fingerprint density at radius 2 is 2.38 bits per heavy atom. The third kappa shape index (κ3) is 2.61. The molecule has 1 aromatic heterocycles. The van der Waals surface area contributed by atoms with Gasteiger partial charge in [0.2, 0.25) is 5.91 Å². The summed E-state index contributed by atoms with van der Waals surface area (Å²) in [4.78, 5) is 13.9. The molecule has 1 aliphatic rings. The molecular formula is C11H17N3O2. The average Bonchev–Trinajstić information content (AvgIpc) is 2.82. The molecule has 16 heavy (non-hydrogen) atoms. The Morgan fingerprint density at radius 3 is 3.00 bits per heavy atom. The fraction of sp³-hybridized carbons (Fsp3) is 0.636. The number of H-pyrrole nitrogens is 1. The summed E-state index contributed by atoms with van der Waals surface area (Å²) in [5, 5.41) is 6.76. The van der Waals surface area contributed by atoms with Crippen LogP contribution in [0.5, 0.6) is 0 Å². The number of nitrogens with one attached hydrogen (secondary N) is 1. The molecule has 88 valence electrons. The van der Waals surface area contributed by atoms with Gasteiger partial charge in [-0.05, 0) is 6.07 Å². The maximum atomic E-state index is 12.1. The standard InChI is InChI=1S/C11H17N3O2/c1-9(8-10-2-3-12-13-10)11(15)14-4-6-16-7-5-14/h2-3,9H,4-8H2,1H3,(H,12,13)/t9-/m1/s1. The molecule has 2 rings (SSSR count). The largest absolute Gasteiger partial charge is 0.378 e. The number of aromatic amines is 1. The Kier molecular flexibility index (Phi) is 3.56. The molecule has 1 N–H and O–H groups in total. The minimum absolute atomic E-state index is 0.00134. The van der Waals surface area contributed by atoms with Crippen molar-refractivity contribution in [1.29, 1.82) is 0 Å². The van der Waals surface area contributed by atoms with E-state index in [0.29, 0.717) is 26.3 Å². The van der Waals surface area contributed by atoms with Crippen LogP contribution in [-0.4, -0.2) is 47.3 Å². The van der Waals surface area contributed by atoms with Crippen LogP contribution in [0.25, 0.3) is 0 Å². The highest BCUT2D eigenvalue weighted by Crippen LogP contribution is 2.10. The van der Waals surface area contributed by atoms with E-state index in [1.54, 1.807) is 6.20 Å². The van der Waals surface area contributed by atoms with Crippen molar-refractivity contribution >= 4 is 5.91 Å². The molecule has 0 saturated carbocycles. The first-order chi connectivity index (χ1) is 7.77. The number of aromatic nitrogens is 2. The summed E-state index contributed by atoms with van der Waals surface area (Å²) >= 11 is 0. The molecule has 2 heterocycles. The molecule has 5 heteroatoms. The monoisotopic (exact) mass is 223 g/mol. The number of carbonyl (C=O) groups excluding carboxylic acids is 1.